The van der Waals surface area contributed by atoms with E-state index >= 15 is 0 Å². The third-order valence-electron chi connectivity index (χ3n) is 2.04. The molecule has 1 heterocycles. The van der Waals surface area contributed by atoms with Crippen molar-refractivity contribution in [2.45, 2.75) is 31.3 Å². The van der Waals surface area contributed by atoms with Crippen molar-refractivity contribution in [3.05, 3.63) is 24.0 Å². The third-order valence-corrected chi connectivity index (χ3v) is 3.65. The van der Waals surface area contributed by atoms with Crippen LogP contribution in [0, 0.1) is 0 Å². The number of carboxylic acids is 1. The predicted molar refractivity (Wildman–Crippen MR) is 72.2 cm³/mol. The van der Waals surface area contributed by atoms with Crippen LogP contribution >= 0.6 is 0 Å². The maximum Gasteiger partial charge on any atom is 0.442 e. The minimum atomic E-state index is -3.03. The second-order valence-corrected chi connectivity index (χ2v) is 7.32. The zero-order chi connectivity index (χ0) is 15.6. The van der Waals surface area contributed by atoms with E-state index in [0.717, 1.165) is 6.20 Å². The van der Waals surface area contributed by atoms with Crippen LogP contribution in [0.15, 0.2) is 27.6 Å². The van der Waals surface area contributed by atoms with Crippen molar-refractivity contribution >= 4 is 21.8 Å². The number of nitrogens with zero attached hydrogens (tertiary/aromatic N) is 2. The molecule has 0 bridgehead atoms. The van der Waals surface area contributed by atoms with Crippen LogP contribution in [0.1, 0.15) is 31.3 Å². The number of rotatable bonds is 2. The van der Waals surface area contributed by atoms with Gasteiger partial charge in [-0.15, -0.1) is 4.36 Å². The average molecular weight is 300 g/mol. The number of hydrogen-bond donors (Lipinski definition) is 1. The van der Waals surface area contributed by atoms with E-state index in [1.807, 2.05) is 0 Å². The monoisotopic (exact) mass is 300 g/mol. The van der Waals surface area contributed by atoms with E-state index in [1.54, 1.807) is 20.8 Å². The molecule has 0 aliphatic heterocycles. The Hall–Kier alpha value is -1.96. The topological polar surface area (TPSA) is 106 Å². The molecule has 0 aromatic carbocycles. The largest absolute Gasteiger partial charge is 0.477 e. The van der Waals surface area contributed by atoms with Crippen LogP contribution < -0.4 is 0 Å². The van der Waals surface area contributed by atoms with Gasteiger partial charge in [0.1, 0.15) is 11.3 Å². The molecule has 1 aromatic heterocycles. The highest BCUT2D eigenvalue weighted by molar-refractivity contribution is 7.93. The van der Waals surface area contributed by atoms with Crippen LogP contribution in [-0.2, 0) is 14.5 Å². The van der Waals surface area contributed by atoms with Gasteiger partial charge in [-0.05, 0) is 32.9 Å². The Morgan fingerprint density at radius 3 is 2.35 bits per heavy atom. The molecule has 0 saturated carbocycles. The lowest BCUT2D eigenvalue weighted by molar-refractivity contribution is 0.0606. The summed E-state index contributed by atoms with van der Waals surface area (Å²) in [5, 5.41) is 8.72. The lowest BCUT2D eigenvalue weighted by Crippen LogP contribution is -2.22. The van der Waals surface area contributed by atoms with Crippen LogP contribution in [0.4, 0.5) is 4.79 Å². The number of carbonyl (C=O) groups is 2. The van der Waals surface area contributed by atoms with Gasteiger partial charge in [-0.1, -0.05) is 0 Å². The van der Waals surface area contributed by atoms with E-state index in [0.29, 0.717) is 0 Å². The number of amides is 1. The molecule has 1 aromatic rings. The Balaban J connectivity index is 3.07. The van der Waals surface area contributed by atoms with Gasteiger partial charge in [0, 0.05) is 12.5 Å². The van der Waals surface area contributed by atoms with Gasteiger partial charge in [0.05, 0.1) is 14.6 Å². The molecule has 0 radical (unpaired) electrons. The molecule has 0 aliphatic carbocycles. The molecule has 1 rings (SSSR count). The van der Waals surface area contributed by atoms with Gasteiger partial charge in [-0.25, -0.2) is 18.8 Å². The second kappa shape index (κ2) is 5.58. The highest BCUT2D eigenvalue weighted by Crippen LogP contribution is 2.14. The normalized spacial score (nSPS) is 14.2. The fourth-order valence-corrected chi connectivity index (χ4v) is 2.20. The van der Waals surface area contributed by atoms with Crippen molar-refractivity contribution in [3.63, 3.8) is 0 Å². The van der Waals surface area contributed by atoms with E-state index in [9.17, 15) is 13.8 Å². The fraction of sp³-hybridized carbons (Fsp3) is 0.417. The lowest BCUT2D eigenvalue weighted by atomic mass is 10.2. The Kier molecular flexibility index (Phi) is 4.49. The molecule has 0 fully saturated rings. The van der Waals surface area contributed by atoms with E-state index in [2.05, 4.69) is 9.35 Å². The predicted octanol–water partition coefficient (Wildman–Crippen LogP) is 2.17. The minimum absolute atomic E-state index is 0.161. The van der Waals surface area contributed by atoms with Gasteiger partial charge < -0.3 is 9.84 Å². The smallest absolute Gasteiger partial charge is 0.442 e. The lowest BCUT2D eigenvalue weighted by Gasteiger charge is -2.17. The maximum atomic E-state index is 12.3. The maximum absolute atomic E-state index is 12.3. The van der Waals surface area contributed by atoms with Crippen LogP contribution in [-0.4, -0.2) is 38.2 Å². The minimum Gasteiger partial charge on any atom is -0.477 e. The van der Waals surface area contributed by atoms with Gasteiger partial charge in [0.2, 0.25) is 0 Å². The molecule has 110 valence electrons. The Morgan fingerprint density at radius 2 is 1.95 bits per heavy atom. The van der Waals surface area contributed by atoms with Gasteiger partial charge in [-0.3, -0.25) is 0 Å². The van der Waals surface area contributed by atoms with Crippen molar-refractivity contribution in [1.82, 2.24) is 4.98 Å². The van der Waals surface area contributed by atoms with Gasteiger partial charge in [0.15, 0.2) is 0 Å². The fourth-order valence-electron chi connectivity index (χ4n) is 1.21. The molecular formula is C12H16N2O5S. The van der Waals surface area contributed by atoms with Crippen molar-refractivity contribution in [2.75, 3.05) is 6.26 Å². The average Bonchev–Trinajstić information content (AvgIpc) is 2.25. The molecular weight excluding hydrogens is 284 g/mol. The molecule has 0 saturated heterocycles. The molecule has 1 N–H and O–H groups in total. The highest BCUT2D eigenvalue weighted by atomic mass is 32.2. The molecule has 1 amide bonds. The summed E-state index contributed by atoms with van der Waals surface area (Å²) in [6.07, 6.45) is 1.45. The van der Waals surface area contributed by atoms with E-state index < -0.39 is 27.4 Å². The van der Waals surface area contributed by atoms with E-state index in [1.165, 1.54) is 18.4 Å². The molecule has 0 spiro atoms. The molecule has 20 heavy (non-hydrogen) atoms. The highest BCUT2D eigenvalue weighted by Gasteiger charge is 2.18. The van der Waals surface area contributed by atoms with Gasteiger partial charge in [-0.2, -0.15) is 0 Å². The Morgan fingerprint density at radius 1 is 1.35 bits per heavy atom. The van der Waals surface area contributed by atoms with E-state index in [-0.39, 0.29) is 10.6 Å². The van der Waals surface area contributed by atoms with Crippen LogP contribution in [0.3, 0.4) is 0 Å². The molecule has 1 unspecified atom stereocenters. The number of pyridine rings is 1. The Bertz CT molecular complexity index is 637. The first-order valence-electron chi connectivity index (χ1n) is 5.66. The summed E-state index contributed by atoms with van der Waals surface area (Å²) in [5.41, 5.74) is -0.914. The Labute approximate surface area is 117 Å². The first-order valence-corrected chi connectivity index (χ1v) is 7.58. The summed E-state index contributed by atoms with van der Waals surface area (Å²) in [6.45, 7) is 5.00. The first-order chi connectivity index (χ1) is 9.01. The quantitative estimate of drug-likeness (QED) is 0.897. The van der Waals surface area contributed by atoms with Crippen molar-refractivity contribution in [1.29, 1.82) is 0 Å². The summed E-state index contributed by atoms with van der Waals surface area (Å²) in [4.78, 5) is 26.0. The molecule has 8 heteroatoms. The number of carbonyl (C=O) groups excluding carboxylic acids is 1. The number of ether oxygens (including phenoxy) is 1. The summed E-state index contributed by atoms with van der Waals surface area (Å²) in [5.74, 6) is -1.19. The van der Waals surface area contributed by atoms with Gasteiger partial charge in [0.25, 0.3) is 0 Å². The summed E-state index contributed by atoms with van der Waals surface area (Å²) in [7, 11) is -3.03. The van der Waals surface area contributed by atoms with Crippen LogP contribution in [0.25, 0.3) is 0 Å². The zero-order valence-electron chi connectivity index (χ0n) is 11.6. The second-order valence-electron chi connectivity index (χ2n) is 5.06. The number of aromatic nitrogens is 1. The van der Waals surface area contributed by atoms with Crippen LogP contribution in [0.2, 0.25) is 0 Å². The molecule has 7 nitrogen and oxygen atoms in total. The number of carboxylic acid groups (broad SMARTS) is 1. The van der Waals surface area contributed by atoms with E-state index in [4.69, 9.17) is 9.84 Å². The standard InChI is InChI=1S/C12H16N2O5S/c1-12(2,3)19-11(17)14-20(4,18)8-5-6-9(10(15)16)13-7-8/h5-7H,1-4H3,(H,15,16). The van der Waals surface area contributed by atoms with Crippen molar-refractivity contribution < 1.29 is 23.6 Å². The van der Waals surface area contributed by atoms with Crippen molar-refractivity contribution in [2.24, 2.45) is 4.36 Å². The number of aromatic carboxylic acids is 1. The molecule has 1 atom stereocenters. The molecule has 0 aliphatic rings. The third kappa shape index (κ3) is 4.61. The SMILES string of the molecule is CC(C)(C)OC(=O)N=S(C)(=O)c1ccc(C(=O)O)nc1. The van der Waals surface area contributed by atoms with Crippen LogP contribution in [0.5, 0.6) is 0 Å². The summed E-state index contributed by atoms with van der Waals surface area (Å²) < 4.78 is 20.8. The summed E-state index contributed by atoms with van der Waals surface area (Å²) >= 11 is 0. The van der Waals surface area contributed by atoms with Gasteiger partial charge >= 0.3 is 12.1 Å². The van der Waals surface area contributed by atoms with Crippen molar-refractivity contribution in [3.8, 4) is 0 Å². The summed E-state index contributed by atoms with van der Waals surface area (Å²) in [6, 6.07) is 2.51. The first kappa shape index (κ1) is 16.1. The zero-order valence-corrected chi connectivity index (χ0v) is 12.4. The number of hydrogen-bond acceptors (Lipinski definition) is 5.